The zero-order valence-electron chi connectivity index (χ0n) is 15.7. The molecule has 27 heavy (non-hydrogen) atoms. The standard InChI is InChI=1S/C20H23N3O3S/c1-4-5-6-12-7-9-14-17(21)18(27-20(14)23-12)19(24)22-13-8-10-15(25-2)16(11-13)26-3/h7-11H,4-6,21H2,1-3H3,(H,22,24). The summed E-state index contributed by atoms with van der Waals surface area (Å²) in [6.07, 6.45) is 3.13. The molecule has 7 heteroatoms. The first-order valence-corrected chi connectivity index (χ1v) is 9.60. The number of nitrogen functional groups attached to an aromatic ring is 1. The molecule has 0 saturated heterocycles. The number of nitrogens with one attached hydrogen (secondary N) is 1. The van der Waals surface area contributed by atoms with Crippen LogP contribution in [-0.2, 0) is 6.42 Å². The van der Waals surface area contributed by atoms with Gasteiger partial charge in [0.05, 0.1) is 19.9 Å². The molecule has 2 aromatic heterocycles. The van der Waals surface area contributed by atoms with Crippen LogP contribution >= 0.6 is 11.3 Å². The first-order chi connectivity index (χ1) is 13.1. The molecule has 0 aliphatic rings. The van der Waals surface area contributed by atoms with E-state index in [4.69, 9.17) is 15.2 Å². The van der Waals surface area contributed by atoms with Gasteiger partial charge in [0.1, 0.15) is 9.71 Å². The highest BCUT2D eigenvalue weighted by Crippen LogP contribution is 2.34. The molecule has 0 unspecified atom stereocenters. The van der Waals surface area contributed by atoms with Crippen molar-refractivity contribution in [1.82, 2.24) is 4.98 Å². The molecule has 3 aromatic rings. The number of carbonyl (C=O) groups is 1. The molecule has 0 bridgehead atoms. The Labute approximate surface area is 162 Å². The molecule has 0 radical (unpaired) electrons. The highest BCUT2D eigenvalue weighted by atomic mass is 32.1. The van der Waals surface area contributed by atoms with Crippen molar-refractivity contribution >= 4 is 38.8 Å². The highest BCUT2D eigenvalue weighted by molar-refractivity contribution is 7.21. The van der Waals surface area contributed by atoms with Gasteiger partial charge in [-0.1, -0.05) is 13.3 Å². The van der Waals surface area contributed by atoms with Crippen molar-refractivity contribution in [3.8, 4) is 11.5 Å². The predicted octanol–water partition coefficient (Wildman–Crippen LogP) is 4.49. The summed E-state index contributed by atoms with van der Waals surface area (Å²) in [6.45, 7) is 2.15. The smallest absolute Gasteiger partial charge is 0.267 e. The zero-order chi connectivity index (χ0) is 19.4. The maximum absolute atomic E-state index is 12.7. The van der Waals surface area contributed by atoms with E-state index in [9.17, 15) is 4.79 Å². The largest absolute Gasteiger partial charge is 0.493 e. The number of anilines is 2. The Kier molecular flexibility index (Phi) is 5.81. The van der Waals surface area contributed by atoms with Gasteiger partial charge in [-0.05, 0) is 37.1 Å². The van der Waals surface area contributed by atoms with Crippen molar-refractivity contribution in [2.75, 3.05) is 25.3 Å². The molecule has 142 valence electrons. The van der Waals surface area contributed by atoms with Gasteiger partial charge in [0, 0.05) is 22.8 Å². The van der Waals surface area contributed by atoms with Crippen LogP contribution in [0.15, 0.2) is 30.3 Å². The Hall–Kier alpha value is -2.80. The minimum atomic E-state index is -0.266. The number of unbranched alkanes of at least 4 members (excludes halogenated alkanes) is 1. The number of fused-ring (bicyclic) bond motifs is 1. The molecule has 1 aromatic carbocycles. The van der Waals surface area contributed by atoms with Crippen LogP contribution in [0.25, 0.3) is 10.2 Å². The number of hydrogen-bond acceptors (Lipinski definition) is 6. The number of amides is 1. The van der Waals surface area contributed by atoms with Gasteiger partial charge < -0.3 is 20.5 Å². The number of aromatic nitrogens is 1. The van der Waals surface area contributed by atoms with Crippen LogP contribution in [0.5, 0.6) is 11.5 Å². The summed E-state index contributed by atoms with van der Waals surface area (Å²) in [5, 5.41) is 3.68. The van der Waals surface area contributed by atoms with E-state index in [2.05, 4.69) is 17.2 Å². The summed E-state index contributed by atoms with van der Waals surface area (Å²) in [6, 6.07) is 9.14. The molecule has 6 nitrogen and oxygen atoms in total. The maximum Gasteiger partial charge on any atom is 0.267 e. The molecule has 2 heterocycles. The molecule has 0 saturated carbocycles. The van der Waals surface area contributed by atoms with Crippen LogP contribution in [0.1, 0.15) is 35.1 Å². The molecule has 3 N–H and O–H groups in total. The summed E-state index contributed by atoms with van der Waals surface area (Å²) in [4.78, 5) is 18.6. The third-order valence-electron chi connectivity index (χ3n) is 4.29. The van der Waals surface area contributed by atoms with E-state index in [-0.39, 0.29) is 5.91 Å². The van der Waals surface area contributed by atoms with Crippen molar-refractivity contribution in [1.29, 1.82) is 0 Å². The van der Waals surface area contributed by atoms with E-state index < -0.39 is 0 Å². The topological polar surface area (TPSA) is 86.5 Å². The SMILES string of the molecule is CCCCc1ccc2c(N)c(C(=O)Nc3ccc(OC)c(OC)c3)sc2n1. The van der Waals surface area contributed by atoms with Crippen LogP contribution in [0, 0.1) is 0 Å². The average Bonchev–Trinajstić information content (AvgIpc) is 3.02. The highest BCUT2D eigenvalue weighted by Gasteiger charge is 2.18. The van der Waals surface area contributed by atoms with Crippen molar-refractivity contribution in [3.63, 3.8) is 0 Å². The Bertz CT molecular complexity index is 969. The molecule has 0 aliphatic heterocycles. The fraction of sp³-hybridized carbons (Fsp3) is 0.300. The van der Waals surface area contributed by atoms with E-state index >= 15 is 0 Å². The summed E-state index contributed by atoms with van der Waals surface area (Å²) in [5.74, 6) is 0.875. The van der Waals surface area contributed by atoms with Crippen molar-refractivity contribution in [3.05, 3.63) is 40.9 Å². The lowest BCUT2D eigenvalue weighted by Crippen LogP contribution is -2.12. The third-order valence-corrected chi connectivity index (χ3v) is 5.40. The molecule has 0 spiro atoms. The lowest BCUT2D eigenvalue weighted by Gasteiger charge is -2.10. The third kappa shape index (κ3) is 3.98. The number of nitrogens with zero attached hydrogens (tertiary/aromatic N) is 1. The number of hydrogen-bond donors (Lipinski definition) is 2. The number of ether oxygens (including phenoxy) is 2. The zero-order valence-corrected chi connectivity index (χ0v) is 16.5. The quantitative estimate of drug-likeness (QED) is 0.626. The number of methoxy groups -OCH3 is 2. The average molecular weight is 385 g/mol. The van der Waals surface area contributed by atoms with Crippen molar-refractivity contribution in [2.24, 2.45) is 0 Å². The Morgan fingerprint density at radius 2 is 1.96 bits per heavy atom. The Morgan fingerprint density at radius 1 is 1.19 bits per heavy atom. The minimum Gasteiger partial charge on any atom is -0.493 e. The summed E-state index contributed by atoms with van der Waals surface area (Å²) >= 11 is 1.31. The maximum atomic E-state index is 12.7. The second-order valence-electron chi connectivity index (χ2n) is 6.13. The van der Waals surface area contributed by atoms with Crippen LogP contribution in [-0.4, -0.2) is 25.1 Å². The van der Waals surface area contributed by atoms with Crippen LogP contribution in [0.2, 0.25) is 0 Å². The van der Waals surface area contributed by atoms with Gasteiger partial charge in [-0.2, -0.15) is 0 Å². The van der Waals surface area contributed by atoms with Gasteiger partial charge in [-0.15, -0.1) is 11.3 Å². The number of thiophene rings is 1. The van der Waals surface area contributed by atoms with Gasteiger partial charge in [0.25, 0.3) is 5.91 Å². The summed E-state index contributed by atoms with van der Waals surface area (Å²) in [5.41, 5.74) is 8.30. The Balaban J connectivity index is 1.86. The molecule has 0 aliphatic carbocycles. The van der Waals surface area contributed by atoms with Crippen LogP contribution < -0.4 is 20.5 Å². The van der Waals surface area contributed by atoms with Gasteiger partial charge in [0.15, 0.2) is 11.5 Å². The van der Waals surface area contributed by atoms with E-state index in [0.717, 1.165) is 35.2 Å². The van der Waals surface area contributed by atoms with E-state index in [1.54, 1.807) is 32.4 Å². The molecule has 3 rings (SSSR count). The van der Waals surface area contributed by atoms with E-state index in [1.165, 1.54) is 11.3 Å². The second-order valence-corrected chi connectivity index (χ2v) is 7.13. The normalized spacial score (nSPS) is 10.8. The van der Waals surface area contributed by atoms with Gasteiger partial charge in [-0.25, -0.2) is 4.98 Å². The molecular formula is C20H23N3O3S. The Morgan fingerprint density at radius 3 is 2.67 bits per heavy atom. The predicted molar refractivity (Wildman–Crippen MR) is 110 cm³/mol. The minimum absolute atomic E-state index is 0.266. The monoisotopic (exact) mass is 385 g/mol. The number of carbonyl (C=O) groups excluding carboxylic acids is 1. The first kappa shape index (κ1) is 19.0. The molecule has 0 fully saturated rings. The summed E-state index contributed by atoms with van der Waals surface area (Å²) < 4.78 is 10.5. The number of nitrogens with two attached hydrogens (primary N) is 1. The number of pyridine rings is 1. The van der Waals surface area contributed by atoms with Crippen molar-refractivity contribution in [2.45, 2.75) is 26.2 Å². The van der Waals surface area contributed by atoms with Gasteiger partial charge in [-0.3, -0.25) is 4.79 Å². The van der Waals surface area contributed by atoms with E-state index in [0.29, 0.717) is 27.8 Å². The van der Waals surface area contributed by atoms with Crippen LogP contribution in [0.4, 0.5) is 11.4 Å². The fourth-order valence-corrected chi connectivity index (χ4v) is 3.81. The lowest BCUT2D eigenvalue weighted by atomic mass is 10.1. The summed E-state index contributed by atoms with van der Waals surface area (Å²) in [7, 11) is 3.12. The lowest BCUT2D eigenvalue weighted by molar-refractivity contribution is 0.103. The number of aryl methyl sites for hydroxylation is 1. The van der Waals surface area contributed by atoms with Crippen molar-refractivity contribution < 1.29 is 14.3 Å². The molecular weight excluding hydrogens is 362 g/mol. The second kappa shape index (κ2) is 8.26. The van der Waals surface area contributed by atoms with Gasteiger partial charge >= 0.3 is 0 Å². The molecule has 0 atom stereocenters. The number of rotatable bonds is 7. The fourth-order valence-electron chi connectivity index (χ4n) is 2.80. The number of benzene rings is 1. The van der Waals surface area contributed by atoms with Gasteiger partial charge in [0.2, 0.25) is 0 Å². The molecule has 1 amide bonds. The first-order valence-electron chi connectivity index (χ1n) is 8.78. The van der Waals surface area contributed by atoms with Crippen LogP contribution in [0.3, 0.4) is 0 Å². The van der Waals surface area contributed by atoms with E-state index in [1.807, 2.05) is 12.1 Å².